The van der Waals surface area contributed by atoms with Crippen LogP contribution in [0.1, 0.15) is 24.0 Å². The van der Waals surface area contributed by atoms with Crippen LogP contribution >= 0.6 is 11.6 Å². The van der Waals surface area contributed by atoms with Crippen LogP contribution in [0.5, 0.6) is 0 Å². The van der Waals surface area contributed by atoms with Gasteiger partial charge in [0.2, 0.25) is 0 Å². The fraction of sp³-hybridized carbons (Fsp3) is 0.300. The monoisotopic (exact) mass is 325 g/mol. The third-order valence-corrected chi connectivity index (χ3v) is 4.56. The van der Waals surface area contributed by atoms with Crippen molar-refractivity contribution in [3.8, 4) is 11.8 Å². The average Bonchev–Trinajstić information content (AvgIpc) is 3.09. The molecule has 0 saturated carbocycles. The maximum Gasteiger partial charge on any atom is 0.178 e. The first-order valence-corrected chi connectivity index (χ1v) is 8.33. The Morgan fingerprint density at radius 3 is 2.35 bits per heavy atom. The molecule has 0 radical (unpaired) electrons. The van der Waals surface area contributed by atoms with Crippen LogP contribution in [0, 0.1) is 11.8 Å². The van der Waals surface area contributed by atoms with Gasteiger partial charge in [-0.15, -0.1) is 0 Å². The van der Waals surface area contributed by atoms with Crippen molar-refractivity contribution in [2.75, 3.05) is 19.6 Å². The van der Waals surface area contributed by atoms with E-state index < -0.39 is 5.60 Å². The van der Waals surface area contributed by atoms with Crippen molar-refractivity contribution in [1.29, 1.82) is 0 Å². The summed E-state index contributed by atoms with van der Waals surface area (Å²) in [6, 6.07) is 16.8. The van der Waals surface area contributed by atoms with Gasteiger partial charge in [0.1, 0.15) is 0 Å². The van der Waals surface area contributed by atoms with Crippen molar-refractivity contribution in [3.63, 3.8) is 0 Å². The van der Waals surface area contributed by atoms with E-state index in [2.05, 4.69) is 16.7 Å². The van der Waals surface area contributed by atoms with E-state index in [-0.39, 0.29) is 0 Å². The normalized spacial score (nSPS) is 17.3. The average molecular weight is 326 g/mol. The van der Waals surface area contributed by atoms with E-state index in [9.17, 15) is 5.11 Å². The third kappa shape index (κ3) is 3.59. The number of hydrogen-bond acceptors (Lipinski definition) is 2. The molecule has 2 nitrogen and oxygen atoms in total. The number of aliphatic hydroxyl groups is 1. The zero-order valence-corrected chi connectivity index (χ0v) is 13.8. The molecular weight excluding hydrogens is 306 g/mol. The van der Waals surface area contributed by atoms with Crippen molar-refractivity contribution in [1.82, 2.24) is 4.90 Å². The number of rotatable bonds is 3. The molecule has 1 fully saturated rings. The quantitative estimate of drug-likeness (QED) is 0.870. The molecule has 0 aromatic heterocycles. The van der Waals surface area contributed by atoms with Crippen LogP contribution in [0.3, 0.4) is 0 Å². The van der Waals surface area contributed by atoms with Gasteiger partial charge in [-0.1, -0.05) is 72.0 Å². The minimum absolute atomic E-state index is 0.523. The second-order valence-electron chi connectivity index (χ2n) is 5.84. The van der Waals surface area contributed by atoms with Crippen molar-refractivity contribution < 1.29 is 5.11 Å². The summed E-state index contributed by atoms with van der Waals surface area (Å²) in [6.07, 6.45) is 2.46. The predicted octanol–water partition coefficient (Wildman–Crippen LogP) is 3.68. The van der Waals surface area contributed by atoms with Gasteiger partial charge in [0.25, 0.3) is 0 Å². The lowest BCUT2D eigenvalue weighted by Gasteiger charge is -2.24. The van der Waals surface area contributed by atoms with Gasteiger partial charge in [-0.3, -0.25) is 4.90 Å². The van der Waals surface area contributed by atoms with Gasteiger partial charge in [-0.2, -0.15) is 0 Å². The van der Waals surface area contributed by atoms with E-state index in [0.717, 1.165) is 18.7 Å². The van der Waals surface area contributed by atoms with Gasteiger partial charge in [0.05, 0.1) is 6.54 Å². The smallest absolute Gasteiger partial charge is 0.178 e. The Bertz CT molecular complexity index is 713. The van der Waals surface area contributed by atoms with E-state index in [1.807, 2.05) is 48.5 Å². The number of hydrogen-bond donors (Lipinski definition) is 1. The van der Waals surface area contributed by atoms with Gasteiger partial charge in [-0.05, 0) is 32.0 Å². The maximum atomic E-state index is 11.3. The number of nitrogens with zero attached hydrogens (tertiary/aromatic N) is 1. The molecular formula is C20H20ClNO. The number of halogens is 1. The first-order chi connectivity index (χ1) is 11.2. The van der Waals surface area contributed by atoms with Crippen LogP contribution in [-0.2, 0) is 5.60 Å². The van der Waals surface area contributed by atoms with Gasteiger partial charge < -0.3 is 5.11 Å². The summed E-state index contributed by atoms with van der Waals surface area (Å²) in [5.41, 5.74) is -0.0249. The molecule has 1 N–H and O–H groups in total. The molecule has 1 atom stereocenters. The van der Waals surface area contributed by atoms with Crippen LogP contribution < -0.4 is 0 Å². The molecule has 3 rings (SSSR count). The van der Waals surface area contributed by atoms with E-state index in [1.165, 1.54) is 12.8 Å². The number of likely N-dealkylation sites (tertiary alicyclic amines) is 1. The minimum Gasteiger partial charge on any atom is -0.369 e. The Morgan fingerprint density at radius 2 is 1.65 bits per heavy atom. The molecule has 2 aromatic carbocycles. The molecule has 1 aliphatic heterocycles. The Hall–Kier alpha value is -1.79. The molecule has 0 spiro atoms. The lowest BCUT2D eigenvalue weighted by Crippen LogP contribution is -2.26. The standard InChI is InChI=1S/C20H20ClNO/c21-19-12-5-4-11-18(19)20(23,17-9-2-1-3-10-17)13-8-16-22-14-6-7-15-22/h1-5,9-12,23H,6-7,14-16H2. The minimum atomic E-state index is -1.39. The van der Waals surface area contributed by atoms with Crippen LogP contribution in [-0.4, -0.2) is 29.6 Å². The largest absolute Gasteiger partial charge is 0.369 e. The summed E-state index contributed by atoms with van der Waals surface area (Å²) in [5.74, 6) is 6.24. The van der Waals surface area contributed by atoms with Gasteiger partial charge >= 0.3 is 0 Å². The highest BCUT2D eigenvalue weighted by Crippen LogP contribution is 2.33. The molecule has 1 unspecified atom stereocenters. The van der Waals surface area contributed by atoms with Gasteiger partial charge in [-0.25, -0.2) is 0 Å². The van der Waals surface area contributed by atoms with Crippen molar-refractivity contribution in [3.05, 3.63) is 70.7 Å². The second kappa shape index (κ2) is 7.19. The van der Waals surface area contributed by atoms with Crippen molar-refractivity contribution in [2.45, 2.75) is 18.4 Å². The summed E-state index contributed by atoms with van der Waals surface area (Å²) in [6.45, 7) is 2.86. The molecule has 0 aliphatic carbocycles. The fourth-order valence-corrected chi connectivity index (χ4v) is 3.22. The highest BCUT2D eigenvalue weighted by atomic mass is 35.5. The fourth-order valence-electron chi connectivity index (χ4n) is 2.95. The topological polar surface area (TPSA) is 23.5 Å². The molecule has 23 heavy (non-hydrogen) atoms. The molecule has 0 bridgehead atoms. The Morgan fingerprint density at radius 1 is 1.00 bits per heavy atom. The van der Waals surface area contributed by atoms with Crippen molar-refractivity contribution in [2.24, 2.45) is 0 Å². The van der Waals surface area contributed by atoms with Gasteiger partial charge in [0, 0.05) is 16.1 Å². The molecule has 1 saturated heterocycles. The van der Waals surface area contributed by atoms with E-state index in [1.54, 1.807) is 6.07 Å². The Labute approximate surface area is 142 Å². The zero-order chi connectivity index (χ0) is 16.1. The number of benzene rings is 2. The summed E-state index contributed by atoms with van der Waals surface area (Å²) in [4.78, 5) is 2.31. The first-order valence-electron chi connectivity index (χ1n) is 7.95. The van der Waals surface area contributed by atoms with Gasteiger partial charge in [0.15, 0.2) is 5.60 Å². The summed E-state index contributed by atoms with van der Waals surface area (Å²) >= 11 is 6.33. The highest BCUT2D eigenvalue weighted by Gasteiger charge is 2.31. The molecule has 0 amide bonds. The predicted molar refractivity (Wildman–Crippen MR) is 94.3 cm³/mol. The highest BCUT2D eigenvalue weighted by molar-refractivity contribution is 6.31. The van der Waals surface area contributed by atoms with Crippen LogP contribution in [0.25, 0.3) is 0 Å². The van der Waals surface area contributed by atoms with E-state index in [0.29, 0.717) is 17.1 Å². The van der Waals surface area contributed by atoms with Crippen LogP contribution in [0.2, 0.25) is 5.02 Å². The summed E-state index contributed by atoms with van der Waals surface area (Å²) in [5, 5.41) is 11.9. The van der Waals surface area contributed by atoms with E-state index in [4.69, 9.17) is 11.6 Å². The van der Waals surface area contributed by atoms with Crippen molar-refractivity contribution >= 4 is 11.6 Å². The molecule has 1 aliphatic rings. The lowest BCUT2D eigenvalue weighted by molar-refractivity contribution is 0.145. The maximum absolute atomic E-state index is 11.3. The van der Waals surface area contributed by atoms with E-state index >= 15 is 0 Å². The second-order valence-corrected chi connectivity index (χ2v) is 6.25. The SMILES string of the molecule is OC(C#CCN1CCCC1)(c1ccccc1)c1ccccc1Cl. The lowest BCUT2D eigenvalue weighted by atomic mass is 9.87. The molecule has 1 heterocycles. The summed E-state index contributed by atoms with van der Waals surface area (Å²) < 4.78 is 0. The third-order valence-electron chi connectivity index (χ3n) is 4.23. The molecule has 2 aromatic rings. The van der Waals surface area contributed by atoms with Crippen LogP contribution in [0.15, 0.2) is 54.6 Å². The van der Waals surface area contributed by atoms with Crippen LogP contribution in [0.4, 0.5) is 0 Å². The Balaban J connectivity index is 1.97. The molecule has 118 valence electrons. The Kier molecular flexibility index (Phi) is 5.03. The summed E-state index contributed by atoms with van der Waals surface area (Å²) in [7, 11) is 0. The zero-order valence-electron chi connectivity index (χ0n) is 13.0. The molecule has 3 heteroatoms. The first kappa shape index (κ1) is 16.1.